The molecule has 6 nitrogen and oxygen atoms in total. The highest BCUT2D eigenvalue weighted by Crippen LogP contribution is 2.32. The van der Waals surface area contributed by atoms with Crippen molar-refractivity contribution in [1.29, 1.82) is 0 Å². The van der Waals surface area contributed by atoms with Crippen LogP contribution in [0.4, 0.5) is 5.69 Å². The summed E-state index contributed by atoms with van der Waals surface area (Å²) in [5.41, 5.74) is 1.70. The lowest BCUT2D eigenvalue weighted by molar-refractivity contribution is -0.146. The van der Waals surface area contributed by atoms with Crippen LogP contribution in [0.25, 0.3) is 0 Å². The summed E-state index contributed by atoms with van der Waals surface area (Å²) in [6.45, 7) is -0.553. The molecule has 1 amide bonds. The predicted molar refractivity (Wildman–Crippen MR) is 120 cm³/mol. The molecule has 1 aliphatic carbocycles. The zero-order valence-electron chi connectivity index (χ0n) is 16.5. The standard InChI is InChI=1S/C24H15Cl2NO5/c25-17-9-8-13(10-18(17)26)11-21(29)32-12-20(28)27-19-7-3-6-16-22(19)24(31)15-5-2-1-4-14(15)23(16)30/h1-10H,11-12H2,(H,27,28). The van der Waals surface area contributed by atoms with Crippen molar-refractivity contribution in [1.82, 2.24) is 0 Å². The molecule has 1 aliphatic rings. The highest BCUT2D eigenvalue weighted by Gasteiger charge is 2.31. The van der Waals surface area contributed by atoms with Gasteiger partial charge in [-0.25, -0.2) is 0 Å². The van der Waals surface area contributed by atoms with E-state index in [2.05, 4.69) is 5.32 Å². The van der Waals surface area contributed by atoms with Crippen molar-refractivity contribution < 1.29 is 23.9 Å². The molecule has 0 heterocycles. The van der Waals surface area contributed by atoms with Crippen LogP contribution in [-0.4, -0.2) is 30.0 Å². The van der Waals surface area contributed by atoms with Crippen LogP contribution in [0, 0.1) is 0 Å². The molecule has 0 atom stereocenters. The minimum absolute atomic E-state index is 0.0886. The maximum absolute atomic E-state index is 13.0. The fourth-order valence-corrected chi connectivity index (χ4v) is 3.77. The maximum atomic E-state index is 13.0. The number of hydrogen-bond acceptors (Lipinski definition) is 5. The Morgan fingerprint density at radius 3 is 2.22 bits per heavy atom. The molecule has 1 N–H and O–H groups in total. The molecule has 4 rings (SSSR count). The molecule has 3 aromatic rings. The van der Waals surface area contributed by atoms with Crippen molar-refractivity contribution in [2.75, 3.05) is 11.9 Å². The Labute approximate surface area is 193 Å². The van der Waals surface area contributed by atoms with E-state index < -0.39 is 18.5 Å². The average Bonchev–Trinajstić information content (AvgIpc) is 2.78. The number of halogens is 2. The molecule has 0 radical (unpaired) electrons. The highest BCUT2D eigenvalue weighted by molar-refractivity contribution is 6.42. The summed E-state index contributed by atoms with van der Waals surface area (Å²) < 4.78 is 5.02. The smallest absolute Gasteiger partial charge is 0.310 e. The first-order chi connectivity index (χ1) is 15.3. The van der Waals surface area contributed by atoms with Gasteiger partial charge < -0.3 is 10.1 Å². The van der Waals surface area contributed by atoms with E-state index in [1.54, 1.807) is 54.6 Å². The second kappa shape index (κ2) is 8.94. The summed E-state index contributed by atoms with van der Waals surface area (Å²) in [7, 11) is 0. The number of nitrogens with one attached hydrogen (secondary N) is 1. The van der Waals surface area contributed by atoms with Crippen molar-refractivity contribution in [3.05, 3.63) is 98.5 Å². The van der Waals surface area contributed by atoms with E-state index in [1.165, 1.54) is 6.07 Å². The van der Waals surface area contributed by atoms with Crippen molar-refractivity contribution in [2.45, 2.75) is 6.42 Å². The van der Waals surface area contributed by atoms with Crippen molar-refractivity contribution in [3.8, 4) is 0 Å². The van der Waals surface area contributed by atoms with Gasteiger partial charge in [-0.2, -0.15) is 0 Å². The number of rotatable bonds is 5. The number of amides is 1. The third-order valence-electron chi connectivity index (χ3n) is 4.92. The predicted octanol–water partition coefficient (Wildman–Crippen LogP) is 4.49. The molecule has 32 heavy (non-hydrogen) atoms. The van der Waals surface area contributed by atoms with E-state index in [0.29, 0.717) is 21.2 Å². The van der Waals surface area contributed by atoms with Crippen molar-refractivity contribution in [2.24, 2.45) is 0 Å². The van der Waals surface area contributed by atoms with Gasteiger partial charge in [0.2, 0.25) is 0 Å². The van der Waals surface area contributed by atoms with Gasteiger partial charge in [0, 0.05) is 16.7 Å². The second-order valence-electron chi connectivity index (χ2n) is 7.07. The van der Waals surface area contributed by atoms with E-state index >= 15 is 0 Å². The number of anilines is 1. The summed E-state index contributed by atoms with van der Waals surface area (Å²) in [5.74, 6) is -1.92. The van der Waals surface area contributed by atoms with Crippen LogP contribution < -0.4 is 5.32 Å². The van der Waals surface area contributed by atoms with E-state index in [4.69, 9.17) is 27.9 Å². The van der Waals surface area contributed by atoms with Gasteiger partial charge in [-0.15, -0.1) is 0 Å². The minimum atomic E-state index is -0.639. The second-order valence-corrected chi connectivity index (χ2v) is 7.88. The van der Waals surface area contributed by atoms with Crippen LogP contribution in [0.2, 0.25) is 10.0 Å². The normalized spacial score (nSPS) is 12.1. The molecule has 0 saturated carbocycles. The summed E-state index contributed by atoms with van der Waals surface area (Å²) >= 11 is 11.8. The summed E-state index contributed by atoms with van der Waals surface area (Å²) in [6.07, 6.45) is -0.0886. The first-order valence-electron chi connectivity index (χ1n) is 9.56. The SMILES string of the molecule is O=C(COC(=O)Cc1ccc(Cl)c(Cl)c1)Nc1cccc2c1C(=O)c1ccccc1C2=O. The third kappa shape index (κ3) is 4.28. The molecule has 0 bridgehead atoms. The fourth-order valence-electron chi connectivity index (χ4n) is 3.45. The van der Waals surface area contributed by atoms with E-state index in [0.717, 1.165) is 0 Å². The lowest BCUT2D eigenvalue weighted by Gasteiger charge is -2.20. The molecule has 3 aromatic carbocycles. The monoisotopic (exact) mass is 467 g/mol. The van der Waals surface area contributed by atoms with E-state index in [9.17, 15) is 19.2 Å². The maximum Gasteiger partial charge on any atom is 0.310 e. The Kier molecular flexibility index (Phi) is 6.08. The van der Waals surface area contributed by atoms with Crippen LogP contribution >= 0.6 is 23.2 Å². The lowest BCUT2D eigenvalue weighted by Crippen LogP contribution is -2.26. The van der Waals surface area contributed by atoms with Gasteiger partial charge >= 0.3 is 5.97 Å². The zero-order valence-corrected chi connectivity index (χ0v) is 18.0. The van der Waals surface area contributed by atoms with Crippen LogP contribution in [0.3, 0.4) is 0 Å². The molecule has 8 heteroatoms. The molecule has 160 valence electrons. The topological polar surface area (TPSA) is 89.5 Å². The van der Waals surface area contributed by atoms with Gasteiger partial charge in [0.15, 0.2) is 18.2 Å². The number of esters is 1. The van der Waals surface area contributed by atoms with Gasteiger partial charge in [-0.05, 0) is 23.8 Å². The van der Waals surface area contributed by atoms with Crippen molar-refractivity contribution >= 4 is 52.3 Å². The minimum Gasteiger partial charge on any atom is -0.455 e. The van der Waals surface area contributed by atoms with Crippen molar-refractivity contribution in [3.63, 3.8) is 0 Å². The number of hydrogen-bond donors (Lipinski definition) is 1. The van der Waals surface area contributed by atoms with Crippen LogP contribution in [0.15, 0.2) is 60.7 Å². The number of fused-ring (bicyclic) bond motifs is 2. The van der Waals surface area contributed by atoms with E-state index in [-0.39, 0.29) is 40.4 Å². The summed E-state index contributed by atoms with van der Waals surface area (Å²) in [4.78, 5) is 50.2. The largest absolute Gasteiger partial charge is 0.455 e. The number of carbonyl (C=O) groups is 4. The Balaban J connectivity index is 1.44. The first kappa shape index (κ1) is 21.7. The lowest BCUT2D eigenvalue weighted by atomic mass is 9.83. The van der Waals surface area contributed by atoms with Gasteiger partial charge in [0.1, 0.15) is 0 Å². The highest BCUT2D eigenvalue weighted by atomic mass is 35.5. The molecule has 0 aliphatic heterocycles. The number of ether oxygens (including phenoxy) is 1. The van der Waals surface area contributed by atoms with Gasteiger partial charge in [0.25, 0.3) is 5.91 Å². The Hall–Kier alpha value is -3.48. The number of benzene rings is 3. The number of carbonyl (C=O) groups excluding carboxylic acids is 4. The quantitative estimate of drug-likeness (QED) is 0.436. The van der Waals surface area contributed by atoms with E-state index in [1.807, 2.05) is 0 Å². The summed E-state index contributed by atoms with van der Waals surface area (Å²) in [6, 6.07) is 15.9. The van der Waals surface area contributed by atoms with Crippen LogP contribution in [-0.2, 0) is 20.7 Å². The molecule has 0 aromatic heterocycles. The Morgan fingerprint density at radius 1 is 0.812 bits per heavy atom. The average molecular weight is 468 g/mol. The van der Waals surface area contributed by atoms with Crippen LogP contribution in [0.5, 0.6) is 0 Å². The van der Waals surface area contributed by atoms with Gasteiger partial charge in [0.05, 0.1) is 27.7 Å². The van der Waals surface area contributed by atoms with Gasteiger partial charge in [-0.3, -0.25) is 19.2 Å². The molecule has 0 unspecified atom stereocenters. The Morgan fingerprint density at radius 2 is 1.50 bits per heavy atom. The molecule has 0 spiro atoms. The first-order valence-corrected chi connectivity index (χ1v) is 10.3. The molecule has 0 fully saturated rings. The zero-order chi connectivity index (χ0) is 22.8. The van der Waals surface area contributed by atoms with Gasteiger partial charge in [-0.1, -0.05) is 65.7 Å². The molecular weight excluding hydrogens is 453 g/mol. The van der Waals surface area contributed by atoms with Crippen LogP contribution in [0.1, 0.15) is 37.4 Å². The molecular formula is C24H15Cl2NO5. The third-order valence-corrected chi connectivity index (χ3v) is 5.66. The summed E-state index contributed by atoms with van der Waals surface area (Å²) in [5, 5.41) is 3.24. The fraction of sp³-hybridized carbons (Fsp3) is 0.0833. The molecule has 0 saturated heterocycles. The number of ketones is 2. The Bertz CT molecular complexity index is 1290.